The van der Waals surface area contributed by atoms with Crippen LogP contribution in [0.4, 0.5) is 0 Å². The molecule has 108 valence electrons. The van der Waals surface area contributed by atoms with Gasteiger partial charge in [-0.2, -0.15) is 0 Å². The van der Waals surface area contributed by atoms with E-state index in [1.807, 2.05) is 12.1 Å². The third-order valence-corrected chi connectivity index (χ3v) is 4.71. The van der Waals surface area contributed by atoms with Crippen molar-refractivity contribution in [2.45, 2.75) is 52.6 Å². The molecule has 1 aliphatic carbocycles. The van der Waals surface area contributed by atoms with E-state index in [2.05, 4.69) is 25.7 Å². The molecule has 0 aliphatic heterocycles. The molecular weight excluding hydrogens is 236 g/mol. The Kier molecular flexibility index (Phi) is 4.69. The van der Waals surface area contributed by atoms with Crippen molar-refractivity contribution in [3.8, 4) is 0 Å². The second-order valence-corrected chi connectivity index (χ2v) is 6.57. The van der Waals surface area contributed by atoms with Crippen molar-refractivity contribution >= 4 is 0 Å². The number of hydrogen-bond acceptors (Lipinski definition) is 3. The number of nitrogens with zero attached hydrogens (tertiary/aromatic N) is 1. The lowest BCUT2D eigenvalue weighted by Gasteiger charge is -2.43. The molecule has 0 aromatic carbocycles. The van der Waals surface area contributed by atoms with E-state index < -0.39 is 0 Å². The summed E-state index contributed by atoms with van der Waals surface area (Å²) >= 11 is 0. The highest BCUT2D eigenvalue weighted by Gasteiger charge is 2.36. The maximum atomic E-state index is 6.48. The van der Waals surface area contributed by atoms with Crippen LogP contribution in [-0.4, -0.2) is 24.0 Å². The van der Waals surface area contributed by atoms with Gasteiger partial charge in [0.2, 0.25) is 0 Å². The minimum Gasteiger partial charge on any atom is -0.468 e. The zero-order chi connectivity index (χ0) is 13.9. The third kappa shape index (κ3) is 3.61. The average molecular weight is 264 g/mol. The van der Waals surface area contributed by atoms with Crippen molar-refractivity contribution in [2.24, 2.45) is 17.1 Å². The Morgan fingerprint density at radius 2 is 2.26 bits per heavy atom. The Balaban J connectivity index is 1.94. The van der Waals surface area contributed by atoms with E-state index in [-0.39, 0.29) is 5.41 Å². The lowest BCUT2D eigenvalue weighted by molar-refractivity contribution is 0.0987. The SMILES string of the molecule is CCN(Cc1ccco1)CC1CCCC(C)(C)C1N. The van der Waals surface area contributed by atoms with Gasteiger partial charge in [-0.1, -0.05) is 27.2 Å². The highest BCUT2D eigenvalue weighted by Crippen LogP contribution is 2.38. The van der Waals surface area contributed by atoms with Gasteiger partial charge in [-0.25, -0.2) is 0 Å². The van der Waals surface area contributed by atoms with Crippen LogP contribution in [0.3, 0.4) is 0 Å². The number of rotatable bonds is 5. The number of furan rings is 1. The van der Waals surface area contributed by atoms with Crippen LogP contribution in [0.5, 0.6) is 0 Å². The van der Waals surface area contributed by atoms with Gasteiger partial charge < -0.3 is 10.2 Å². The second-order valence-electron chi connectivity index (χ2n) is 6.57. The maximum Gasteiger partial charge on any atom is 0.117 e. The van der Waals surface area contributed by atoms with Crippen molar-refractivity contribution < 1.29 is 4.42 Å². The molecule has 2 rings (SSSR count). The van der Waals surface area contributed by atoms with Crippen molar-refractivity contribution in [3.63, 3.8) is 0 Å². The van der Waals surface area contributed by atoms with Gasteiger partial charge in [0.25, 0.3) is 0 Å². The molecule has 0 spiro atoms. The zero-order valence-electron chi connectivity index (χ0n) is 12.6. The molecule has 0 radical (unpaired) electrons. The molecule has 1 aromatic rings. The molecule has 19 heavy (non-hydrogen) atoms. The first-order valence-corrected chi connectivity index (χ1v) is 7.53. The highest BCUT2D eigenvalue weighted by atomic mass is 16.3. The van der Waals surface area contributed by atoms with Gasteiger partial charge in [-0.3, -0.25) is 4.90 Å². The predicted octanol–water partition coefficient (Wildman–Crippen LogP) is 3.26. The molecule has 2 atom stereocenters. The van der Waals surface area contributed by atoms with Crippen LogP contribution < -0.4 is 5.73 Å². The second kappa shape index (κ2) is 6.10. The van der Waals surface area contributed by atoms with Crippen LogP contribution >= 0.6 is 0 Å². The average Bonchev–Trinajstić information content (AvgIpc) is 2.86. The first-order valence-electron chi connectivity index (χ1n) is 7.53. The molecule has 3 nitrogen and oxygen atoms in total. The van der Waals surface area contributed by atoms with Crippen LogP contribution in [0.25, 0.3) is 0 Å². The molecule has 1 aliphatic rings. The Morgan fingerprint density at radius 1 is 1.47 bits per heavy atom. The summed E-state index contributed by atoms with van der Waals surface area (Å²) in [6, 6.07) is 4.32. The number of hydrogen-bond donors (Lipinski definition) is 1. The standard InChI is InChI=1S/C16H28N2O/c1-4-18(12-14-8-6-10-19-14)11-13-7-5-9-16(2,3)15(13)17/h6,8,10,13,15H,4-5,7,9,11-12,17H2,1-3H3. The molecule has 0 amide bonds. The van der Waals surface area contributed by atoms with Gasteiger partial charge >= 0.3 is 0 Å². The summed E-state index contributed by atoms with van der Waals surface area (Å²) in [5.74, 6) is 1.66. The van der Waals surface area contributed by atoms with E-state index in [0.717, 1.165) is 25.4 Å². The van der Waals surface area contributed by atoms with Crippen LogP contribution in [0.1, 0.15) is 45.8 Å². The van der Waals surface area contributed by atoms with E-state index in [4.69, 9.17) is 10.2 Å². The molecule has 1 fully saturated rings. The topological polar surface area (TPSA) is 42.4 Å². The van der Waals surface area contributed by atoms with Crippen molar-refractivity contribution in [3.05, 3.63) is 24.2 Å². The summed E-state index contributed by atoms with van der Waals surface area (Å²) in [5, 5.41) is 0. The molecular formula is C16H28N2O. The van der Waals surface area contributed by atoms with Crippen molar-refractivity contribution in [1.29, 1.82) is 0 Å². The normalized spacial score (nSPS) is 26.8. The van der Waals surface area contributed by atoms with Gasteiger partial charge in [-0.15, -0.1) is 0 Å². The van der Waals surface area contributed by atoms with E-state index in [9.17, 15) is 0 Å². The fourth-order valence-corrected chi connectivity index (χ4v) is 3.27. The van der Waals surface area contributed by atoms with Crippen LogP contribution in [0.2, 0.25) is 0 Å². The largest absolute Gasteiger partial charge is 0.468 e. The summed E-state index contributed by atoms with van der Waals surface area (Å²) in [6.45, 7) is 9.86. The monoisotopic (exact) mass is 264 g/mol. The van der Waals surface area contributed by atoms with Gasteiger partial charge in [0.05, 0.1) is 12.8 Å². The smallest absolute Gasteiger partial charge is 0.117 e. The summed E-state index contributed by atoms with van der Waals surface area (Å²) in [5.41, 5.74) is 6.77. The molecule has 1 aromatic heterocycles. The van der Waals surface area contributed by atoms with E-state index in [1.54, 1.807) is 6.26 Å². The molecule has 1 heterocycles. The zero-order valence-corrected chi connectivity index (χ0v) is 12.6. The Morgan fingerprint density at radius 3 is 2.89 bits per heavy atom. The van der Waals surface area contributed by atoms with Crippen LogP contribution in [0, 0.1) is 11.3 Å². The van der Waals surface area contributed by atoms with Gasteiger partial charge in [0.1, 0.15) is 5.76 Å². The lowest BCUT2D eigenvalue weighted by atomic mass is 9.68. The fourth-order valence-electron chi connectivity index (χ4n) is 3.27. The number of nitrogens with two attached hydrogens (primary N) is 1. The summed E-state index contributed by atoms with van der Waals surface area (Å²) < 4.78 is 5.45. The van der Waals surface area contributed by atoms with Crippen LogP contribution in [-0.2, 0) is 6.54 Å². The van der Waals surface area contributed by atoms with Crippen molar-refractivity contribution in [2.75, 3.05) is 13.1 Å². The Bertz CT molecular complexity index is 372. The molecule has 2 N–H and O–H groups in total. The minimum atomic E-state index is 0.285. The third-order valence-electron chi connectivity index (χ3n) is 4.71. The van der Waals surface area contributed by atoms with Gasteiger partial charge in [-0.05, 0) is 42.9 Å². The fraction of sp³-hybridized carbons (Fsp3) is 0.750. The molecule has 2 unspecified atom stereocenters. The summed E-state index contributed by atoms with van der Waals surface area (Å²) in [6.07, 6.45) is 5.58. The predicted molar refractivity (Wildman–Crippen MR) is 78.8 cm³/mol. The first-order chi connectivity index (χ1) is 9.03. The first kappa shape index (κ1) is 14.6. The van der Waals surface area contributed by atoms with Gasteiger partial charge in [0, 0.05) is 12.6 Å². The quantitative estimate of drug-likeness (QED) is 0.887. The van der Waals surface area contributed by atoms with Crippen molar-refractivity contribution in [1.82, 2.24) is 4.90 Å². The lowest BCUT2D eigenvalue weighted by Crippen LogP contribution is -2.50. The molecule has 0 saturated heterocycles. The minimum absolute atomic E-state index is 0.285. The highest BCUT2D eigenvalue weighted by molar-refractivity contribution is 4.98. The molecule has 3 heteroatoms. The van der Waals surface area contributed by atoms with E-state index in [1.165, 1.54) is 19.3 Å². The molecule has 1 saturated carbocycles. The Labute approximate surface area is 117 Å². The maximum absolute atomic E-state index is 6.48. The summed E-state index contributed by atoms with van der Waals surface area (Å²) in [4.78, 5) is 2.45. The molecule has 0 bridgehead atoms. The Hall–Kier alpha value is -0.800. The van der Waals surface area contributed by atoms with E-state index >= 15 is 0 Å². The van der Waals surface area contributed by atoms with Gasteiger partial charge in [0.15, 0.2) is 0 Å². The van der Waals surface area contributed by atoms with Crippen LogP contribution in [0.15, 0.2) is 22.8 Å². The van der Waals surface area contributed by atoms with E-state index in [0.29, 0.717) is 12.0 Å². The summed E-state index contributed by atoms with van der Waals surface area (Å²) in [7, 11) is 0.